The Morgan fingerprint density at radius 1 is 1.09 bits per heavy atom. The van der Waals surface area contributed by atoms with Gasteiger partial charge < -0.3 is 10.5 Å². The predicted octanol–water partition coefficient (Wildman–Crippen LogP) is 5.19. The number of rotatable bonds is 6. The van der Waals surface area contributed by atoms with E-state index in [-0.39, 0.29) is 17.2 Å². The lowest BCUT2D eigenvalue weighted by Crippen LogP contribution is -2.26. The van der Waals surface area contributed by atoms with Crippen molar-refractivity contribution in [1.82, 2.24) is 0 Å². The van der Waals surface area contributed by atoms with E-state index >= 15 is 0 Å². The summed E-state index contributed by atoms with van der Waals surface area (Å²) in [7, 11) is 0. The van der Waals surface area contributed by atoms with Crippen molar-refractivity contribution in [3.05, 3.63) is 29.3 Å². The van der Waals surface area contributed by atoms with Crippen molar-refractivity contribution in [2.75, 3.05) is 0 Å². The van der Waals surface area contributed by atoms with Crippen molar-refractivity contribution in [2.45, 2.75) is 71.7 Å². The van der Waals surface area contributed by atoms with Crippen molar-refractivity contribution in [2.24, 2.45) is 11.7 Å². The minimum atomic E-state index is -4.67. The van der Waals surface area contributed by atoms with E-state index in [9.17, 15) is 13.2 Å². The van der Waals surface area contributed by atoms with E-state index in [1.54, 1.807) is 0 Å². The summed E-state index contributed by atoms with van der Waals surface area (Å²) in [6.07, 6.45) is -2.28. The molecule has 0 radical (unpaired) electrons. The molecule has 1 atom stereocenters. The smallest absolute Gasteiger partial charge is 0.406 e. The van der Waals surface area contributed by atoms with E-state index in [0.717, 1.165) is 24.0 Å². The van der Waals surface area contributed by atoms with Gasteiger partial charge in [-0.25, -0.2) is 0 Å². The lowest BCUT2D eigenvalue weighted by Gasteiger charge is -2.22. The first-order valence-corrected chi connectivity index (χ1v) is 8.04. The van der Waals surface area contributed by atoms with Gasteiger partial charge >= 0.3 is 6.36 Å². The molecule has 0 aromatic heterocycles. The van der Waals surface area contributed by atoms with E-state index < -0.39 is 6.36 Å². The maximum atomic E-state index is 12.5. The molecular weight excluding hydrogens is 303 g/mol. The Bertz CT molecular complexity index is 504. The maximum Gasteiger partial charge on any atom is 0.573 e. The zero-order valence-electron chi connectivity index (χ0n) is 14.6. The number of aryl methyl sites for hydroxylation is 1. The first-order chi connectivity index (χ1) is 10.4. The molecule has 2 N–H and O–H groups in total. The third kappa shape index (κ3) is 7.25. The summed E-state index contributed by atoms with van der Waals surface area (Å²) >= 11 is 0. The first kappa shape index (κ1) is 19.8. The second kappa shape index (κ2) is 7.56. The highest BCUT2D eigenvalue weighted by molar-refractivity contribution is 5.38. The molecule has 0 unspecified atom stereocenters. The zero-order valence-corrected chi connectivity index (χ0v) is 14.6. The predicted molar refractivity (Wildman–Crippen MR) is 87.6 cm³/mol. The van der Waals surface area contributed by atoms with Gasteiger partial charge in [-0.1, -0.05) is 40.7 Å². The summed E-state index contributed by atoms with van der Waals surface area (Å²) in [5, 5.41) is 0. The van der Waals surface area contributed by atoms with Crippen molar-refractivity contribution >= 4 is 0 Å². The third-order valence-corrected chi connectivity index (χ3v) is 3.93. The van der Waals surface area contributed by atoms with Crippen LogP contribution in [0.25, 0.3) is 0 Å². The van der Waals surface area contributed by atoms with E-state index in [4.69, 9.17) is 5.73 Å². The van der Waals surface area contributed by atoms with Crippen molar-refractivity contribution in [3.63, 3.8) is 0 Å². The standard InChI is InChI=1S/C18H28F3NO/c1-12(2)16(22)8-6-7-13-9-14(17(3,4)5)11-15(10-13)23-18(19,20)21/h9-12,16H,6-8,22H2,1-5H3/t16-/m0/s1. The highest BCUT2D eigenvalue weighted by Gasteiger charge is 2.31. The Kier molecular flexibility index (Phi) is 6.51. The Balaban J connectivity index is 2.91. The SMILES string of the molecule is CC(C)[C@@H](N)CCCc1cc(OC(F)(F)F)cc(C(C)(C)C)c1. The summed E-state index contributed by atoms with van der Waals surface area (Å²) in [4.78, 5) is 0. The molecule has 5 heteroatoms. The van der Waals surface area contributed by atoms with E-state index in [1.165, 1.54) is 12.1 Å². The van der Waals surface area contributed by atoms with Crippen LogP contribution in [0, 0.1) is 5.92 Å². The third-order valence-electron chi connectivity index (χ3n) is 3.93. The summed E-state index contributed by atoms with van der Waals surface area (Å²) in [6.45, 7) is 10.1. The molecule has 0 fully saturated rings. The molecule has 1 aromatic rings. The zero-order chi connectivity index (χ0) is 17.8. The molecule has 0 spiro atoms. The largest absolute Gasteiger partial charge is 0.573 e. The fourth-order valence-corrected chi connectivity index (χ4v) is 2.31. The second-order valence-electron chi connectivity index (χ2n) is 7.46. The monoisotopic (exact) mass is 331 g/mol. The highest BCUT2D eigenvalue weighted by Crippen LogP contribution is 2.31. The molecule has 0 saturated heterocycles. The number of nitrogens with two attached hydrogens (primary N) is 1. The van der Waals surface area contributed by atoms with Crippen LogP contribution in [-0.2, 0) is 11.8 Å². The molecule has 1 aromatic carbocycles. The molecule has 23 heavy (non-hydrogen) atoms. The van der Waals surface area contributed by atoms with Gasteiger partial charge in [0.25, 0.3) is 0 Å². The van der Waals surface area contributed by atoms with E-state index in [0.29, 0.717) is 12.3 Å². The van der Waals surface area contributed by atoms with E-state index in [2.05, 4.69) is 18.6 Å². The van der Waals surface area contributed by atoms with Crippen LogP contribution in [0.3, 0.4) is 0 Å². The van der Waals surface area contributed by atoms with Gasteiger partial charge in [0.15, 0.2) is 0 Å². The number of ether oxygens (including phenoxy) is 1. The molecule has 0 aliphatic carbocycles. The van der Waals surface area contributed by atoms with Crippen LogP contribution < -0.4 is 10.5 Å². The van der Waals surface area contributed by atoms with Crippen LogP contribution in [0.15, 0.2) is 18.2 Å². The lowest BCUT2D eigenvalue weighted by molar-refractivity contribution is -0.274. The lowest BCUT2D eigenvalue weighted by atomic mass is 9.85. The average Bonchev–Trinajstić information content (AvgIpc) is 2.35. The van der Waals surface area contributed by atoms with Crippen LogP contribution in [0.4, 0.5) is 13.2 Å². The highest BCUT2D eigenvalue weighted by atomic mass is 19.4. The van der Waals surface area contributed by atoms with Crippen molar-refractivity contribution < 1.29 is 17.9 Å². The number of hydrogen-bond donors (Lipinski definition) is 1. The van der Waals surface area contributed by atoms with Gasteiger partial charge in [0.1, 0.15) is 5.75 Å². The van der Waals surface area contributed by atoms with Crippen LogP contribution in [0.5, 0.6) is 5.75 Å². The molecule has 0 amide bonds. The van der Waals surface area contributed by atoms with Crippen LogP contribution in [-0.4, -0.2) is 12.4 Å². The van der Waals surface area contributed by atoms with Gasteiger partial charge in [0.05, 0.1) is 0 Å². The van der Waals surface area contributed by atoms with Gasteiger partial charge in [-0.05, 0) is 53.9 Å². The van der Waals surface area contributed by atoms with Crippen LogP contribution >= 0.6 is 0 Å². The summed E-state index contributed by atoms with van der Waals surface area (Å²) in [5.74, 6) is 0.258. The summed E-state index contributed by atoms with van der Waals surface area (Å²) in [6, 6.07) is 5.02. The topological polar surface area (TPSA) is 35.2 Å². The van der Waals surface area contributed by atoms with Crippen LogP contribution in [0.2, 0.25) is 0 Å². The number of benzene rings is 1. The molecule has 0 aliphatic rings. The molecule has 0 bridgehead atoms. The molecule has 0 saturated carbocycles. The Hall–Kier alpha value is -1.23. The Morgan fingerprint density at radius 3 is 2.17 bits per heavy atom. The number of halogens is 3. The van der Waals surface area contributed by atoms with Crippen LogP contribution in [0.1, 0.15) is 58.6 Å². The Morgan fingerprint density at radius 2 is 1.70 bits per heavy atom. The molecule has 1 rings (SSSR count). The van der Waals surface area contributed by atoms with Crippen molar-refractivity contribution in [1.29, 1.82) is 0 Å². The second-order valence-corrected chi connectivity index (χ2v) is 7.46. The van der Waals surface area contributed by atoms with Gasteiger partial charge in [-0.2, -0.15) is 0 Å². The van der Waals surface area contributed by atoms with Gasteiger partial charge in [-0.3, -0.25) is 0 Å². The van der Waals surface area contributed by atoms with Gasteiger partial charge in [-0.15, -0.1) is 13.2 Å². The normalized spacial score (nSPS) is 14.2. The fraction of sp³-hybridized carbons (Fsp3) is 0.667. The molecular formula is C18H28F3NO. The minimum absolute atomic E-state index is 0.117. The van der Waals surface area contributed by atoms with E-state index in [1.807, 2.05) is 26.8 Å². The first-order valence-electron chi connectivity index (χ1n) is 8.04. The quantitative estimate of drug-likeness (QED) is 0.778. The van der Waals surface area contributed by atoms with Gasteiger partial charge in [0.2, 0.25) is 0 Å². The Labute approximate surface area is 137 Å². The minimum Gasteiger partial charge on any atom is -0.406 e. The number of alkyl halides is 3. The molecule has 132 valence electrons. The number of hydrogen-bond acceptors (Lipinski definition) is 2. The van der Waals surface area contributed by atoms with Gasteiger partial charge in [0, 0.05) is 6.04 Å². The summed E-state index contributed by atoms with van der Waals surface area (Å²) < 4.78 is 41.6. The fourth-order valence-electron chi connectivity index (χ4n) is 2.31. The maximum absolute atomic E-state index is 12.5. The molecule has 0 aliphatic heterocycles. The summed E-state index contributed by atoms with van der Waals surface area (Å²) in [5.41, 5.74) is 7.47. The molecule has 0 heterocycles. The molecule has 2 nitrogen and oxygen atoms in total. The average molecular weight is 331 g/mol. The van der Waals surface area contributed by atoms with Crippen molar-refractivity contribution in [3.8, 4) is 5.75 Å².